The van der Waals surface area contributed by atoms with Gasteiger partial charge >= 0.3 is 0 Å². The molecule has 4 heteroatoms. The first kappa shape index (κ1) is 11.0. The van der Waals surface area contributed by atoms with E-state index in [2.05, 4.69) is 37.9 Å². The van der Waals surface area contributed by atoms with Crippen molar-refractivity contribution < 1.29 is 0 Å². The number of halogens is 1. The summed E-state index contributed by atoms with van der Waals surface area (Å²) >= 11 is 3.39. The molecule has 2 rings (SSSR count). The van der Waals surface area contributed by atoms with E-state index in [1.165, 1.54) is 18.5 Å². The van der Waals surface area contributed by atoms with Crippen molar-refractivity contribution in [3.8, 4) is 0 Å². The lowest BCUT2D eigenvalue weighted by atomic mass is 10.1. The fraction of sp³-hybridized carbons (Fsp3) is 0.545. The highest BCUT2D eigenvalue weighted by atomic mass is 79.9. The third-order valence-electron chi connectivity index (χ3n) is 2.90. The van der Waals surface area contributed by atoms with Crippen LogP contribution in [-0.2, 0) is 6.54 Å². The predicted octanol–water partition coefficient (Wildman–Crippen LogP) is 1.62. The monoisotopic (exact) mass is 269 g/mol. The standard InChI is InChI=1S/C11H16BrN3/c12-11-5-9(1-3-14-11)7-15-4-2-10(6-13)8-15/h1,3,5,10H,2,4,6-8,13H2/t10-/m1/s1. The summed E-state index contributed by atoms with van der Waals surface area (Å²) in [4.78, 5) is 6.58. The second kappa shape index (κ2) is 5.05. The summed E-state index contributed by atoms with van der Waals surface area (Å²) in [5.41, 5.74) is 6.98. The Morgan fingerprint density at radius 3 is 3.13 bits per heavy atom. The minimum Gasteiger partial charge on any atom is -0.330 e. The van der Waals surface area contributed by atoms with E-state index in [-0.39, 0.29) is 0 Å². The molecule has 0 aromatic carbocycles. The summed E-state index contributed by atoms with van der Waals surface area (Å²) in [7, 11) is 0. The Balaban J connectivity index is 1.92. The van der Waals surface area contributed by atoms with Crippen molar-refractivity contribution in [2.45, 2.75) is 13.0 Å². The maximum absolute atomic E-state index is 5.67. The molecule has 82 valence electrons. The van der Waals surface area contributed by atoms with Crippen LogP contribution >= 0.6 is 15.9 Å². The van der Waals surface area contributed by atoms with Gasteiger partial charge in [-0.2, -0.15) is 0 Å². The van der Waals surface area contributed by atoms with Gasteiger partial charge in [0.25, 0.3) is 0 Å². The van der Waals surface area contributed by atoms with Crippen LogP contribution in [0.4, 0.5) is 0 Å². The molecule has 0 bridgehead atoms. The van der Waals surface area contributed by atoms with E-state index in [1.807, 2.05) is 6.20 Å². The Labute approximate surface area is 98.8 Å². The molecule has 0 aliphatic carbocycles. The predicted molar refractivity (Wildman–Crippen MR) is 64.4 cm³/mol. The third kappa shape index (κ3) is 3.00. The molecule has 0 spiro atoms. The second-order valence-electron chi connectivity index (χ2n) is 4.11. The molecule has 0 unspecified atom stereocenters. The minimum atomic E-state index is 0.690. The fourth-order valence-electron chi connectivity index (χ4n) is 2.05. The maximum Gasteiger partial charge on any atom is 0.106 e. The molecular formula is C11H16BrN3. The number of nitrogens with two attached hydrogens (primary N) is 1. The van der Waals surface area contributed by atoms with Crippen molar-refractivity contribution in [2.24, 2.45) is 11.7 Å². The molecule has 1 aromatic heterocycles. The first-order valence-electron chi connectivity index (χ1n) is 5.31. The van der Waals surface area contributed by atoms with Gasteiger partial charge in [0, 0.05) is 19.3 Å². The number of nitrogens with zero attached hydrogens (tertiary/aromatic N) is 2. The lowest BCUT2D eigenvalue weighted by Gasteiger charge is -2.15. The van der Waals surface area contributed by atoms with E-state index in [0.29, 0.717) is 5.92 Å². The van der Waals surface area contributed by atoms with Gasteiger partial charge < -0.3 is 5.73 Å². The molecule has 3 nitrogen and oxygen atoms in total. The summed E-state index contributed by atoms with van der Waals surface area (Å²) in [5.74, 6) is 0.690. The highest BCUT2D eigenvalue weighted by Crippen LogP contribution is 2.18. The van der Waals surface area contributed by atoms with Gasteiger partial charge in [-0.15, -0.1) is 0 Å². The molecule has 1 atom stereocenters. The number of hydrogen-bond donors (Lipinski definition) is 1. The Morgan fingerprint density at radius 1 is 1.60 bits per heavy atom. The first-order valence-corrected chi connectivity index (χ1v) is 6.10. The summed E-state index contributed by atoms with van der Waals surface area (Å²) < 4.78 is 0.912. The highest BCUT2D eigenvalue weighted by Gasteiger charge is 2.20. The van der Waals surface area contributed by atoms with E-state index in [9.17, 15) is 0 Å². The van der Waals surface area contributed by atoms with Crippen LogP contribution in [0, 0.1) is 5.92 Å². The number of likely N-dealkylation sites (tertiary alicyclic amines) is 1. The molecule has 1 fully saturated rings. The van der Waals surface area contributed by atoms with Crippen LogP contribution in [0.1, 0.15) is 12.0 Å². The average molecular weight is 270 g/mol. The van der Waals surface area contributed by atoms with Crippen molar-refractivity contribution in [3.63, 3.8) is 0 Å². The SMILES string of the molecule is NC[C@H]1CCN(Cc2ccnc(Br)c2)C1. The van der Waals surface area contributed by atoms with Crippen molar-refractivity contribution in [3.05, 3.63) is 28.5 Å². The number of hydrogen-bond acceptors (Lipinski definition) is 3. The summed E-state index contributed by atoms with van der Waals surface area (Å²) in [6, 6.07) is 4.15. The van der Waals surface area contributed by atoms with Gasteiger partial charge in [0.2, 0.25) is 0 Å². The molecule has 0 saturated carbocycles. The van der Waals surface area contributed by atoms with Crippen LogP contribution in [-0.4, -0.2) is 29.5 Å². The normalized spacial score (nSPS) is 22.1. The third-order valence-corrected chi connectivity index (χ3v) is 3.33. The largest absolute Gasteiger partial charge is 0.330 e. The molecule has 2 heterocycles. The number of pyridine rings is 1. The molecule has 0 radical (unpaired) electrons. The van der Waals surface area contributed by atoms with E-state index >= 15 is 0 Å². The molecule has 1 aromatic rings. The van der Waals surface area contributed by atoms with E-state index in [1.54, 1.807) is 0 Å². The van der Waals surface area contributed by atoms with Crippen molar-refractivity contribution in [1.29, 1.82) is 0 Å². The number of rotatable bonds is 3. The summed E-state index contributed by atoms with van der Waals surface area (Å²) in [6.45, 7) is 4.13. The lowest BCUT2D eigenvalue weighted by molar-refractivity contribution is 0.318. The molecule has 0 amide bonds. The van der Waals surface area contributed by atoms with Crippen molar-refractivity contribution in [2.75, 3.05) is 19.6 Å². The van der Waals surface area contributed by atoms with Crippen LogP contribution in [0.15, 0.2) is 22.9 Å². The molecule has 15 heavy (non-hydrogen) atoms. The van der Waals surface area contributed by atoms with Crippen LogP contribution < -0.4 is 5.73 Å². The van der Waals surface area contributed by atoms with Gasteiger partial charge in [-0.25, -0.2) is 4.98 Å². The van der Waals surface area contributed by atoms with E-state index in [0.717, 1.165) is 24.2 Å². The Kier molecular flexibility index (Phi) is 3.72. The van der Waals surface area contributed by atoms with E-state index in [4.69, 9.17) is 5.73 Å². The van der Waals surface area contributed by atoms with Crippen molar-refractivity contribution >= 4 is 15.9 Å². The van der Waals surface area contributed by atoms with Crippen LogP contribution in [0.2, 0.25) is 0 Å². The van der Waals surface area contributed by atoms with Gasteiger partial charge in [0.15, 0.2) is 0 Å². The van der Waals surface area contributed by atoms with Gasteiger partial charge in [-0.3, -0.25) is 4.90 Å². The zero-order valence-electron chi connectivity index (χ0n) is 8.69. The molecule has 1 aliphatic rings. The molecule has 1 aliphatic heterocycles. The fourth-order valence-corrected chi connectivity index (χ4v) is 2.46. The smallest absolute Gasteiger partial charge is 0.106 e. The topological polar surface area (TPSA) is 42.1 Å². The van der Waals surface area contributed by atoms with Gasteiger partial charge in [0.1, 0.15) is 4.60 Å². The van der Waals surface area contributed by atoms with Gasteiger partial charge in [-0.05, 0) is 59.1 Å². The maximum atomic E-state index is 5.67. The molecule has 2 N–H and O–H groups in total. The first-order chi connectivity index (χ1) is 7.28. The average Bonchev–Trinajstić information content (AvgIpc) is 2.65. The Hall–Kier alpha value is -0.450. The van der Waals surface area contributed by atoms with Gasteiger partial charge in [-0.1, -0.05) is 0 Å². The summed E-state index contributed by atoms with van der Waals surface area (Å²) in [6.07, 6.45) is 3.08. The quantitative estimate of drug-likeness (QED) is 0.849. The van der Waals surface area contributed by atoms with Crippen LogP contribution in [0.3, 0.4) is 0 Å². The Morgan fingerprint density at radius 2 is 2.47 bits per heavy atom. The Bertz CT molecular complexity index is 329. The van der Waals surface area contributed by atoms with Gasteiger partial charge in [0.05, 0.1) is 0 Å². The minimum absolute atomic E-state index is 0.690. The number of aromatic nitrogens is 1. The summed E-state index contributed by atoms with van der Waals surface area (Å²) in [5, 5.41) is 0. The highest BCUT2D eigenvalue weighted by molar-refractivity contribution is 9.10. The zero-order valence-corrected chi connectivity index (χ0v) is 10.3. The van der Waals surface area contributed by atoms with E-state index < -0.39 is 0 Å². The molecule has 1 saturated heterocycles. The van der Waals surface area contributed by atoms with Crippen molar-refractivity contribution in [1.82, 2.24) is 9.88 Å². The second-order valence-corrected chi connectivity index (χ2v) is 4.92. The van der Waals surface area contributed by atoms with Crippen LogP contribution in [0.5, 0.6) is 0 Å². The zero-order chi connectivity index (χ0) is 10.7. The van der Waals surface area contributed by atoms with Crippen LogP contribution in [0.25, 0.3) is 0 Å². The molecular weight excluding hydrogens is 254 g/mol. The lowest BCUT2D eigenvalue weighted by Crippen LogP contribution is -2.22.